The molecule has 4 heteroatoms. The highest BCUT2D eigenvalue weighted by atomic mass is 16.7. The minimum absolute atomic E-state index is 0.000238. The average molecular weight is 341 g/mol. The normalized spacial score (nSPS) is 41.2. The third-order valence-corrected chi connectivity index (χ3v) is 6.00. The SMILES string of the molecule is CCC[C@H]1CC[C@H]([C@H]2OC[C@H]([C@H]3OC[C@H](CCC)CO3)CO2)CC1. The highest BCUT2D eigenvalue weighted by molar-refractivity contribution is 4.78. The molecule has 2 aliphatic heterocycles. The molecular weight excluding hydrogens is 304 g/mol. The number of rotatable bonds is 6. The molecule has 0 bridgehead atoms. The zero-order chi connectivity index (χ0) is 16.8. The maximum Gasteiger partial charge on any atom is 0.164 e. The van der Waals surface area contributed by atoms with Crippen molar-refractivity contribution < 1.29 is 18.9 Å². The largest absolute Gasteiger partial charge is 0.352 e. The molecule has 1 aliphatic carbocycles. The van der Waals surface area contributed by atoms with Crippen LogP contribution in [0.25, 0.3) is 0 Å². The standard InChI is InChI=1S/C20H36O4/c1-3-5-15-7-9-17(10-8-15)19-23-13-18(14-24-19)20-21-11-16(6-4-2)12-22-20/h15-20H,3-14H2,1-2H3/t15-,16-,17-,18-,19-,20-. The molecule has 2 heterocycles. The Balaban J connectivity index is 1.36. The van der Waals surface area contributed by atoms with E-state index in [0.717, 1.165) is 19.1 Å². The van der Waals surface area contributed by atoms with Crippen molar-refractivity contribution in [2.75, 3.05) is 26.4 Å². The third-order valence-electron chi connectivity index (χ3n) is 6.00. The van der Waals surface area contributed by atoms with Crippen molar-refractivity contribution >= 4 is 0 Å². The fraction of sp³-hybridized carbons (Fsp3) is 1.00. The van der Waals surface area contributed by atoms with Crippen LogP contribution in [0.5, 0.6) is 0 Å². The summed E-state index contributed by atoms with van der Waals surface area (Å²) in [7, 11) is 0. The molecule has 2 saturated heterocycles. The van der Waals surface area contributed by atoms with Gasteiger partial charge in [-0.1, -0.05) is 33.1 Å². The van der Waals surface area contributed by atoms with Crippen molar-refractivity contribution in [1.82, 2.24) is 0 Å². The summed E-state index contributed by atoms with van der Waals surface area (Å²) in [6, 6.07) is 0. The number of hydrogen-bond acceptors (Lipinski definition) is 4. The van der Waals surface area contributed by atoms with Crippen molar-refractivity contribution in [3.8, 4) is 0 Å². The molecule has 0 aromatic heterocycles. The maximum absolute atomic E-state index is 6.07. The molecule has 0 spiro atoms. The molecule has 0 radical (unpaired) electrons. The molecule has 3 fully saturated rings. The van der Waals surface area contributed by atoms with E-state index < -0.39 is 0 Å². The van der Waals surface area contributed by atoms with Gasteiger partial charge >= 0.3 is 0 Å². The predicted molar refractivity (Wildman–Crippen MR) is 93.6 cm³/mol. The van der Waals surface area contributed by atoms with Gasteiger partial charge in [-0.3, -0.25) is 0 Å². The van der Waals surface area contributed by atoms with Gasteiger partial charge in [0.2, 0.25) is 0 Å². The van der Waals surface area contributed by atoms with Gasteiger partial charge in [-0.2, -0.15) is 0 Å². The Morgan fingerprint density at radius 2 is 1.08 bits per heavy atom. The van der Waals surface area contributed by atoms with E-state index in [1.807, 2.05) is 0 Å². The third kappa shape index (κ3) is 4.94. The van der Waals surface area contributed by atoms with Crippen LogP contribution in [0.3, 0.4) is 0 Å². The van der Waals surface area contributed by atoms with Crippen molar-refractivity contribution in [1.29, 1.82) is 0 Å². The van der Waals surface area contributed by atoms with Crippen LogP contribution in [0.2, 0.25) is 0 Å². The molecule has 0 N–H and O–H groups in total. The van der Waals surface area contributed by atoms with E-state index in [9.17, 15) is 0 Å². The van der Waals surface area contributed by atoms with Gasteiger partial charge in [0, 0.05) is 11.8 Å². The molecule has 3 rings (SSSR count). The smallest absolute Gasteiger partial charge is 0.164 e. The van der Waals surface area contributed by atoms with Crippen LogP contribution in [0, 0.1) is 23.7 Å². The summed E-state index contributed by atoms with van der Waals surface area (Å²) in [6.07, 6.45) is 10.2. The molecular formula is C20H36O4. The first-order valence-corrected chi connectivity index (χ1v) is 10.3. The molecule has 0 atom stereocenters. The first-order chi connectivity index (χ1) is 11.8. The van der Waals surface area contributed by atoms with Crippen molar-refractivity contribution in [3.05, 3.63) is 0 Å². The lowest BCUT2D eigenvalue weighted by Gasteiger charge is -2.40. The molecule has 3 aliphatic rings. The Morgan fingerprint density at radius 3 is 1.67 bits per heavy atom. The Morgan fingerprint density at radius 1 is 0.583 bits per heavy atom. The fourth-order valence-corrected chi connectivity index (χ4v) is 4.52. The van der Waals surface area contributed by atoms with Gasteiger partial charge in [0.05, 0.1) is 32.3 Å². The van der Waals surface area contributed by atoms with Crippen LogP contribution in [-0.4, -0.2) is 39.0 Å². The molecule has 140 valence electrons. The topological polar surface area (TPSA) is 36.9 Å². The van der Waals surface area contributed by atoms with E-state index in [1.54, 1.807) is 0 Å². The molecule has 0 amide bonds. The highest BCUT2D eigenvalue weighted by Crippen LogP contribution is 2.36. The van der Waals surface area contributed by atoms with Gasteiger partial charge in [-0.25, -0.2) is 0 Å². The summed E-state index contributed by atoms with van der Waals surface area (Å²) in [5.74, 6) is 2.30. The van der Waals surface area contributed by atoms with E-state index in [0.29, 0.717) is 25.0 Å². The van der Waals surface area contributed by atoms with Crippen LogP contribution in [-0.2, 0) is 18.9 Å². The second kappa shape index (κ2) is 9.51. The van der Waals surface area contributed by atoms with E-state index in [2.05, 4.69) is 13.8 Å². The summed E-state index contributed by atoms with van der Waals surface area (Å²) in [6.45, 7) is 7.56. The van der Waals surface area contributed by atoms with Crippen LogP contribution in [0.4, 0.5) is 0 Å². The summed E-state index contributed by atoms with van der Waals surface area (Å²) < 4.78 is 24.0. The Bertz CT molecular complexity index is 304. The van der Waals surface area contributed by atoms with Crippen LogP contribution in [0.1, 0.15) is 65.2 Å². The Hall–Kier alpha value is -0.160. The first kappa shape index (κ1) is 18.6. The highest BCUT2D eigenvalue weighted by Gasteiger charge is 2.37. The van der Waals surface area contributed by atoms with Crippen LogP contribution in [0.15, 0.2) is 0 Å². The van der Waals surface area contributed by atoms with Gasteiger partial charge in [-0.05, 0) is 38.0 Å². The summed E-state index contributed by atoms with van der Waals surface area (Å²) in [4.78, 5) is 0. The maximum atomic E-state index is 6.07. The molecule has 0 aromatic rings. The lowest BCUT2D eigenvalue weighted by atomic mass is 9.79. The van der Waals surface area contributed by atoms with Gasteiger partial charge in [-0.15, -0.1) is 0 Å². The fourth-order valence-electron chi connectivity index (χ4n) is 4.52. The zero-order valence-electron chi connectivity index (χ0n) is 15.6. The monoisotopic (exact) mass is 340 g/mol. The number of ether oxygens (including phenoxy) is 4. The Labute approximate surface area is 147 Å². The minimum Gasteiger partial charge on any atom is -0.352 e. The van der Waals surface area contributed by atoms with Crippen molar-refractivity contribution in [2.45, 2.75) is 77.8 Å². The lowest BCUT2D eigenvalue weighted by Crippen LogP contribution is -2.46. The quantitative estimate of drug-likeness (QED) is 0.719. The van der Waals surface area contributed by atoms with E-state index >= 15 is 0 Å². The molecule has 1 saturated carbocycles. The van der Waals surface area contributed by atoms with Gasteiger partial charge < -0.3 is 18.9 Å². The lowest BCUT2D eigenvalue weighted by molar-refractivity contribution is -0.291. The molecule has 4 nitrogen and oxygen atoms in total. The molecule has 0 unspecified atom stereocenters. The number of hydrogen-bond donors (Lipinski definition) is 0. The predicted octanol–water partition coefficient (Wildman–Crippen LogP) is 4.37. The molecule has 0 aromatic carbocycles. The van der Waals surface area contributed by atoms with Crippen molar-refractivity contribution in [2.24, 2.45) is 23.7 Å². The Kier molecular flexibility index (Phi) is 7.38. The van der Waals surface area contributed by atoms with Crippen LogP contribution < -0.4 is 0 Å². The average Bonchev–Trinajstić information content (AvgIpc) is 2.64. The summed E-state index contributed by atoms with van der Waals surface area (Å²) >= 11 is 0. The minimum atomic E-state index is -0.139. The van der Waals surface area contributed by atoms with E-state index in [4.69, 9.17) is 18.9 Å². The zero-order valence-corrected chi connectivity index (χ0v) is 15.6. The van der Waals surface area contributed by atoms with Gasteiger partial charge in [0.25, 0.3) is 0 Å². The summed E-state index contributed by atoms with van der Waals surface area (Å²) in [5, 5.41) is 0. The second-order valence-corrected chi connectivity index (χ2v) is 8.05. The van der Waals surface area contributed by atoms with E-state index in [-0.39, 0.29) is 18.5 Å². The second-order valence-electron chi connectivity index (χ2n) is 8.05. The van der Waals surface area contributed by atoms with Gasteiger partial charge in [0.1, 0.15) is 0 Å². The summed E-state index contributed by atoms with van der Waals surface area (Å²) in [5.41, 5.74) is 0. The first-order valence-electron chi connectivity index (χ1n) is 10.3. The van der Waals surface area contributed by atoms with Crippen molar-refractivity contribution in [3.63, 3.8) is 0 Å². The van der Waals surface area contributed by atoms with Gasteiger partial charge in [0.15, 0.2) is 12.6 Å². The van der Waals surface area contributed by atoms with E-state index in [1.165, 1.54) is 51.4 Å². The molecule has 24 heavy (non-hydrogen) atoms. The van der Waals surface area contributed by atoms with Crippen LogP contribution >= 0.6 is 0 Å².